The molecule has 4 rings (SSSR count). The van der Waals surface area contributed by atoms with Crippen molar-refractivity contribution in [1.29, 1.82) is 0 Å². The molecule has 0 heterocycles. The lowest BCUT2D eigenvalue weighted by atomic mass is 9.98. The number of carbonyl (C=O) groups is 1. The zero-order chi connectivity index (χ0) is 20.9. The van der Waals surface area contributed by atoms with E-state index in [0.717, 1.165) is 0 Å². The molecule has 3 aromatic carbocycles. The van der Waals surface area contributed by atoms with Crippen molar-refractivity contribution in [2.45, 2.75) is 19.3 Å². The second-order valence-electron chi connectivity index (χ2n) is 7.24. The average Bonchev–Trinajstić information content (AvgIpc) is 3.09. The quantitative estimate of drug-likeness (QED) is 0.470. The Labute approximate surface area is 175 Å². The maximum absolute atomic E-state index is 13.9. The molecule has 0 aliphatic heterocycles. The van der Waals surface area contributed by atoms with E-state index < -0.39 is 6.09 Å². The molecular weight excluding hydrogens is 377 g/mol. The summed E-state index contributed by atoms with van der Waals surface area (Å²) in [5, 5.41) is 2.71. The molecule has 4 heteroatoms. The van der Waals surface area contributed by atoms with Crippen molar-refractivity contribution in [3.63, 3.8) is 0 Å². The molecule has 30 heavy (non-hydrogen) atoms. The third-order valence-electron chi connectivity index (χ3n) is 5.28. The molecule has 1 aliphatic rings. The first-order chi connectivity index (χ1) is 14.6. The van der Waals surface area contributed by atoms with Crippen LogP contribution in [0, 0.1) is 24.6 Å². The molecular formula is C26H22FNO2. The summed E-state index contributed by atoms with van der Waals surface area (Å²) in [6.45, 7) is 2.33. The molecule has 1 N–H and O–H groups in total. The Morgan fingerprint density at radius 3 is 2.37 bits per heavy atom. The van der Waals surface area contributed by atoms with Gasteiger partial charge in [0.1, 0.15) is 12.4 Å². The summed E-state index contributed by atoms with van der Waals surface area (Å²) in [4.78, 5) is 12.1. The van der Waals surface area contributed by atoms with Crippen LogP contribution < -0.4 is 5.32 Å². The highest BCUT2D eigenvalue weighted by molar-refractivity contribution is 5.79. The minimum atomic E-state index is -0.472. The lowest BCUT2D eigenvalue weighted by Gasteiger charge is -2.14. The van der Waals surface area contributed by atoms with Crippen LogP contribution in [-0.4, -0.2) is 19.2 Å². The fourth-order valence-corrected chi connectivity index (χ4v) is 3.78. The van der Waals surface area contributed by atoms with Crippen LogP contribution in [0.25, 0.3) is 11.1 Å². The van der Waals surface area contributed by atoms with Crippen LogP contribution in [0.2, 0.25) is 0 Å². The van der Waals surface area contributed by atoms with E-state index in [1.54, 1.807) is 25.1 Å². The molecule has 3 aromatic rings. The first kappa shape index (κ1) is 19.7. The lowest BCUT2D eigenvalue weighted by Crippen LogP contribution is -2.26. The van der Waals surface area contributed by atoms with Crippen LogP contribution >= 0.6 is 0 Å². The second kappa shape index (κ2) is 8.84. The number of alkyl carbamates (subject to hydrolysis) is 1. The number of halogens is 1. The van der Waals surface area contributed by atoms with Gasteiger partial charge in [-0.15, -0.1) is 0 Å². The molecule has 150 valence electrons. The summed E-state index contributed by atoms with van der Waals surface area (Å²) in [5.41, 5.74) is 5.69. The predicted octanol–water partition coefficient (Wildman–Crippen LogP) is 5.41. The smallest absolute Gasteiger partial charge is 0.407 e. The number of aryl methyl sites for hydroxylation is 1. The second-order valence-corrected chi connectivity index (χ2v) is 7.24. The number of amides is 1. The zero-order valence-electron chi connectivity index (χ0n) is 16.7. The highest BCUT2D eigenvalue weighted by Gasteiger charge is 2.28. The van der Waals surface area contributed by atoms with Gasteiger partial charge in [-0.05, 0) is 40.8 Å². The van der Waals surface area contributed by atoms with Crippen LogP contribution in [0.3, 0.4) is 0 Å². The highest BCUT2D eigenvalue weighted by Crippen LogP contribution is 2.44. The predicted molar refractivity (Wildman–Crippen MR) is 116 cm³/mol. The zero-order valence-corrected chi connectivity index (χ0v) is 16.7. The summed E-state index contributed by atoms with van der Waals surface area (Å²) >= 11 is 0. The summed E-state index contributed by atoms with van der Waals surface area (Å²) in [7, 11) is 0. The Morgan fingerprint density at radius 2 is 1.67 bits per heavy atom. The number of benzene rings is 3. The summed E-state index contributed by atoms with van der Waals surface area (Å²) in [5.74, 6) is 5.43. The number of rotatable bonds is 4. The van der Waals surface area contributed by atoms with Crippen LogP contribution in [0.1, 0.15) is 34.6 Å². The number of carbonyl (C=O) groups excluding carboxylic acids is 1. The molecule has 0 aromatic heterocycles. The normalized spacial score (nSPS) is 11.8. The third-order valence-corrected chi connectivity index (χ3v) is 5.28. The van der Waals surface area contributed by atoms with Gasteiger partial charge in [-0.25, -0.2) is 9.18 Å². The van der Waals surface area contributed by atoms with Gasteiger partial charge in [0, 0.05) is 18.9 Å². The van der Waals surface area contributed by atoms with Crippen molar-refractivity contribution in [3.8, 4) is 23.0 Å². The minimum Gasteiger partial charge on any atom is -0.449 e. The van der Waals surface area contributed by atoms with E-state index in [2.05, 4.69) is 41.4 Å². The molecule has 0 spiro atoms. The van der Waals surface area contributed by atoms with Gasteiger partial charge >= 0.3 is 6.09 Å². The maximum atomic E-state index is 13.9. The first-order valence-electron chi connectivity index (χ1n) is 9.98. The van der Waals surface area contributed by atoms with E-state index >= 15 is 0 Å². The third kappa shape index (κ3) is 4.06. The Balaban J connectivity index is 1.30. The Morgan fingerprint density at radius 1 is 1.00 bits per heavy atom. The molecule has 0 radical (unpaired) electrons. The van der Waals surface area contributed by atoms with Crippen LogP contribution in [0.4, 0.5) is 9.18 Å². The SMILES string of the molecule is Cc1cccc(C#CCCNC(=O)OCC2c3ccccc3-c3ccccc32)c1F. The Bertz CT molecular complexity index is 1100. The summed E-state index contributed by atoms with van der Waals surface area (Å²) in [6, 6.07) is 21.6. The number of nitrogens with one attached hydrogen (secondary N) is 1. The van der Waals surface area contributed by atoms with Crippen molar-refractivity contribution in [2.75, 3.05) is 13.2 Å². The molecule has 0 saturated heterocycles. The summed E-state index contributed by atoms with van der Waals surface area (Å²) in [6.07, 6.45) is -0.0576. The van der Waals surface area contributed by atoms with E-state index in [4.69, 9.17) is 4.74 Å². The molecule has 0 bridgehead atoms. The highest BCUT2D eigenvalue weighted by atomic mass is 19.1. The molecule has 1 aliphatic carbocycles. The van der Waals surface area contributed by atoms with Crippen molar-refractivity contribution in [2.24, 2.45) is 0 Å². The van der Waals surface area contributed by atoms with E-state index in [-0.39, 0.29) is 18.3 Å². The van der Waals surface area contributed by atoms with Crippen molar-refractivity contribution >= 4 is 6.09 Å². The van der Waals surface area contributed by atoms with E-state index in [1.807, 2.05) is 24.3 Å². The number of hydrogen-bond acceptors (Lipinski definition) is 2. The molecule has 0 atom stereocenters. The van der Waals surface area contributed by atoms with Gasteiger partial charge in [0.05, 0.1) is 5.56 Å². The van der Waals surface area contributed by atoms with E-state index in [9.17, 15) is 9.18 Å². The summed E-state index contributed by atoms with van der Waals surface area (Å²) < 4.78 is 19.4. The van der Waals surface area contributed by atoms with Crippen LogP contribution in [0.5, 0.6) is 0 Å². The monoisotopic (exact) mass is 399 g/mol. The Hall–Kier alpha value is -3.58. The van der Waals surface area contributed by atoms with Crippen LogP contribution in [0.15, 0.2) is 66.7 Å². The Kier molecular flexibility index (Phi) is 5.81. The van der Waals surface area contributed by atoms with Crippen molar-refractivity contribution < 1.29 is 13.9 Å². The van der Waals surface area contributed by atoms with Gasteiger partial charge < -0.3 is 10.1 Å². The van der Waals surface area contributed by atoms with Gasteiger partial charge in [0.25, 0.3) is 0 Å². The average molecular weight is 399 g/mol. The van der Waals surface area contributed by atoms with E-state index in [1.165, 1.54) is 22.3 Å². The van der Waals surface area contributed by atoms with Gasteiger partial charge in [0.2, 0.25) is 0 Å². The molecule has 3 nitrogen and oxygen atoms in total. The van der Waals surface area contributed by atoms with Crippen LogP contribution in [-0.2, 0) is 4.74 Å². The van der Waals surface area contributed by atoms with Crippen molar-refractivity contribution in [3.05, 3.63) is 94.8 Å². The number of fused-ring (bicyclic) bond motifs is 3. The first-order valence-corrected chi connectivity index (χ1v) is 9.98. The largest absolute Gasteiger partial charge is 0.449 e. The van der Waals surface area contributed by atoms with E-state index in [0.29, 0.717) is 24.1 Å². The molecule has 0 unspecified atom stereocenters. The van der Waals surface area contributed by atoms with Gasteiger partial charge in [-0.3, -0.25) is 0 Å². The van der Waals surface area contributed by atoms with Gasteiger partial charge in [-0.2, -0.15) is 0 Å². The standard InChI is InChI=1S/C26H22FNO2/c1-18-9-8-11-19(25(18)27)10-6-7-16-28-26(29)30-17-24-22-14-4-2-12-20(22)21-13-3-5-15-23(21)24/h2-5,8-9,11-15,24H,7,16-17H2,1H3,(H,28,29). The molecule has 1 amide bonds. The van der Waals surface area contributed by atoms with Gasteiger partial charge in [0.15, 0.2) is 0 Å². The fraction of sp³-hybridized carbons (Fsp3) is 0.192. The van der Waals surface area contributed by atoms with Gasteiger partial charge in [-0.1, -0.05) is 72.5 Å². The lowest BCUT2D eigenvalue weighted by molar-refractivity contribution is 0.143. The number of hydrogen-bond donors (Lipinski definition) is 1. The fourth-order valence-electron chi connectivity index (χ4n) is 3.78. The molecule has 0 fully saturated rings. The maximum Gasteiger partial charge on any atom is 0.407 e. The topological polar surface area (TPSA) is 38.3 Å². The number of ether oxygens (including phenoxy) is 1. The molecule has 0 saturated carbocycles. The van der Waals surface area contributed by atoms with Crippen molar-refractivity contribution in [1.82, 2.24) is 5.32 Å². The minimum absolute atomic E-state index is 0.0345.